The maximum absolute atomic E-state index is 12.3. The van der Waals surface area contributed by atoms with Crippen molar-refractivity contribution >= 4 is 53.0 Å². The van der Waals surface area contributed by atoms with Crippen molar-refractivity contribution in [1.82, 2.24) is 10.3 Å². The summed E-state index contributed by atoms with van der Waals surface area (Å²) in [6.07, 6.45) is 0. The molecule has 0 unspecified atom stereocenters. The van der Waals surface area contributed by atoms with Crippen molar-refractivity contribution in [2.45, 2.75) is 13.0 Å². The fraction of sp³-hybridized carbons (Fsp3) is 0.235. The molecule has 0 aliphatic carbocycles. The van der Waals surface area contributed by atoms with Crippen LogP contribution in [0.5, 0.6) is 5.88 Å². The van der Waals surface area contributed by atoms with Gasteiger partial charge in [-0.25, -0.2) is 0 Å². The Balaban J connectivity index is 0.00000243. The van der Waals surface area contributed by atoms with Gasteiger partial charge in [-0.1, -0.05) is 11.6 Å². The summed E-state index contributed by atoms with van der Waals surface area (Å²) < 4.78 is 5.42. The van der Waals surface area contributed by atoms with Crippen LogP contribution in [0.4, 0.5) is 17.2 Å². The maximum Gasteiger partial charge on any atom is 0.269 e. The van der Waals surface area contributed by atoms with E-state index in [-0.39, 0.29) is 42.8 Å². The molecule has 26 heavy (non-hydrogen) atoms. The second kappa shape index (κ2) is 8.35. The van der Waals surface area contributed by atoms with Crippen LogP contribution in [0, 0.1) is 0 Å². The van der Waals surface area contributed by atoms with Crippen LogP contribution < -0.4 is 20.3 Å². The number of rotatable bonds is 4. The number of benzene rings is 1. The van der Waals surface area contributed by atoms with Crippen molar-refractivity contribution in [3.05, 3.63) is 41.4 Å². The minimum atomic E-state index is -0.356. The predicted molar refractivity (Wildman–Crippen MR) is 103 cm³/mol. The topological polar surface area (TPSA) is 83.6 Å². The molecule has 1 aliphatic rings. The molecule has 0 radical (unpaired) electrons. The van der Waals surface area contributed by atoms with Crippen molar-refractivity contribution in [3.8, 4) is 5.88 Å². The largest absolute Gasteiger partial charge is 0.466 e. The van der Waals surface area contributed by atoms with E-state index in [9.17, 15) is 9.59 Å². The summed E-state index contributed by atoms with van der Waals surface area (Å²) in [5.41, 5.74) is 1.18. The lowest BCUT2D eigenvalue weighted by atomic mass is 10.2. The number of aromatic nitrogens is 1. The molecule has 2 heterocycles. The van der Waals surface area contributed by atoms with E-state index < -0.39 is 0 Å². The highest BCUT2D eigenvalue weighted by molar-refractivity contribution is 6.30. The van der Waals surface area contributed by atoms with Crippen molar-refractivity contribution in [2.24, 2.45) is 0 Å². The van der Waals surface area contributed by atoms with Crippen molar-refractivity contribution < 1.29 is 14.3 Å². The molecular formula is C17H18Cl2N4O3. The Morgan fingerprint density at radius 3 is 2.62 bits per heavy atom. The second-order valence-electron chi connectivity index (χ2n) is 5.51. The van der Waals surface area contributed by atoms with E-state index in [0.717, 1.165) is 0 Å². The number of nitrogens with zero attached hydrogens (tertiary/aromatic N) is 2. The third-order valence-electron chi connectivity index (χ3n) is 3.83. The van der Waals surface area contributed by atoms with Gasteiger partial charge in [0.1, 0.15) is 11.5 Å². The number of likely N-dealkylation sites (N-methyl/N-ethyl adjacent to an activating group) is 1. The standard InChI is InChI=1S/C17H17ClN4O3.ClH/c1-10(19-2)16(24)20-14-8-7-13-17(21-14)25-9-15(23)22(13)12-5-3-11(18)4-6-12;/h3-8,10,19H,9H2,1-2H3,(H,20,21,24);1H/t10-;/m0./s1. The molecule has 1 aromatic carbocycles. The van der Waals surface area contributed by atoms with Gasteiger partial charge < -0.3 is 15.4 Å². The Kier molecular flexibility index (Phi) is 6.42. The first-order valence-corrected chi connectivity index (χ1v) is 8.08. The van der Waals surface area contributed by atoms with Crippen LogP contribution in [0.1, 0.15) is 6.92 Å². The second-order valence-corrected chi connectivity index (χ2v) is 5.95. The highest BCUT2D eigenvalue weighted by Gasteiger charge is 2.28. The van der Waals surface area contributed by atoms with E-state index in [1.807, 2.05) is 0 Å². The molecule has 1 aromatic heterocycles. The van der Waals surface area contributed by atoms with Crippen LogP contribution in [0.25, 0.3) is 0 Å². The van der Waals surface area contributed by atoms with Crippen LogP contribution in [0.15, 0.2) is 36.4 Å². The summed E-state index contributed by atoms with van der Waals surface area (Å²) >= 11 is 5.91. The van der Waals surface area contributed by atoms with Crippen LogP contribution in [0.2, 0.25) is 5.02 Å². The van der Waals surface area contributed by atoms with Crippen LogP contribution >= 0.6 is 24.0 Å². The van der Waals surface area contributed by atoms with Gasteiger partial charge >= 0.3 is 0 Å². The number of ether oxygens (including phenoxy) is 1. The summed E-state index contributed by atoms with van der Waals surface area (Å²) in [5.74, 6) is 0.217. The SMILES string of the molecule is CN[C@@H](C)C(=O)Nc1ccc2c(n1)OCC(=O)N2c1ccc(Cl)cc1.Cl. The molecule has 1 aliphatic heterocycles. The number of carbonyl (C=O) groups is 2. The smallest absolute Gasteiger partial charge is 0.269 e. The molecule has 138 valence electrons. The van der Waals surface area contributed by atoms with Gasteiger partial charge in [0, 0.05) is 10.7 Å². The summed E-state index contributed by atoms with van der Waals surface area (Å²) in [7, 11) is 1.70. The van der Waals surface area contributed by atoms with Gasteiger partial charge in [-0.2, -0.15) is 4.98 Å². The average Bonchev–Trinajstić information content (AvgIpc) is 2.62. The monoisotopic (exact) mass is 396 g/mol. The van der Waals surface area contributed by atoms with E-state index in [2.05, 4.69) is 15.6 Å². The normalized spacial score (nSPS) is 14.0. The number of fused-ring (bicyclic) bond motifs is 1. The Labute approximate surface area is 162 Å². The van der Waals surface area contributed by atoms with Gasteiger partial charge in [-0.15, -0.1) is 12.4 Å². The lowest BCUT2D eigenvalue weighted by Gasteiger charge is -2.28. The number of amides is 2. The number of halogens is 2. The number of hydrogen-bond acceptors (Lipinski definition) is 5. The molecule has 2 aromatic rings. The molecule has 0 saturated carbocycles. The first kappa shape index (κ1) is 20.0. The van der Waals surface area contributed by atoms with Gasteiger partial charge in [0.05, 0.1) is 6.04 Å². The Bertz CT molecular complexity index is 814. The van der Waals surface area contributed by atoms with Gasteiger partial charge in [-0.05, 0) is 50.4 Å². The zero-order valence-corrected chi connectivity index (χ0v) is 15.7. The van der Waals surface area contributed by atoms with E-state index in [0.29, 0.717) is 22.2 Å². The summed E-state index contributed by atoms with van der Waals surface area (Å²) in [4.78, 5) is 30.1. The van der Waals surface area contributed by atoms with E-state index >= 15 is 0 Å². The van der Waals surface area contributed by atoms with Gasteiger partial charge in [0.2, 0.25) is 11.8 Å². The molecule has 0 spiro atoms. The fourth-order valence-corrected chi connectivity index (χ4v) is 2.47. The van der Waals surface area contributed by atoms with Crippen molar-refractivity contribution in [3.63, 3.8) is 0 Å². The molecule has 3 rings (SSSR count). The Morgan fingerprint density at radius 1 is 1.27 bits per heavy atom. The molecule has 0 saturated heterocycles. The zero-order valence-electron chi connectivity index (χ0n) is 14.2. The average molecular weight is 397 g/mol. The number of nitrogens with one attached hydrogen (secondary N) is 2. The third kappa shape index (κ3) is 4.07. The summed E-state index contributed by atoms with van der Waals surface area (Å²) in [6.45, 7) is 1.61. The van der Waals surface area contributed by atoms with E-state index in [1.165, 1.54) is 4.90 Å². The molecular weight excluding hydrogens is 379 g/mol. The highest BCUT2D eigenvalue weighted by atomic mass is 35.5. The first-order chi connectivity index (χ1) is 12.0. The van der Waals surface area contributed by atoms with Gasteiger partial charge in [-0.3, -0.25) is 14.5 Å². The fourth-order valence-electron chi connectivity index (χ4n) is 2.35. The number of anilines is 3. The molecule has 0 fully saturated rings. The summed E-state index contributed by atoms with van der Waals surface area (Å²) in [5, 5.41) is 6.14. The molecule has 2 N–H and O–H groups in total. The minimum Gasteiger partial charge on any atom is -0.466 e. The van der Waals surface area contributed by atoms with Crippen molar-refractivity contribution in [1.29, 1.82) is 0 Å². The molecule has 2 amide bonds. The van der Waals surface area contributed by atoms with Crippen LogP contribution in [0.3, 0.4) is 0 Å². The van der Waals surface area contributed by atoms with Crippen molar-refractivity contribution in [2.75, 3.05) is 23.9 Å². The number of carbonyl (C=O) groups excluding carboxylic acids is 2. The number of hydrogen-bond donors (Lipinski definition) is 2. The van der Waals surface area contributed by atoms with Gasteiger partial charge in [0.15, 0.2) is 6.61 Å². The van der Waals surface area contributed by atoms with Crippen LogP contribution in [-0.4, -0.2) is 36.5 Å². The molecule has 9 heteroatoms. The third-order valence-corrected chi connectivity index (χ3v) is 4.08. The minimum absolute atomic E-state index is 0. The quantitative estimate of drug-likeness (QED) is 0.829. The van der Waals surface area contributed by atoms with Gasteiger partial charge in [0.25, 0.3) is 5.91 Å². The van der Waals surface area contributed by atoms with E-state index in [1.54, 1.807) is 50.4 Å². The Morgan fingerprint density at radius 2 is 1.96 bits per heavy atom. The Hall–Kier alpha value is -2.35. The molecule has 0 bridgehead atoms. The highest BCUT2D eigenvalue weighted by Crippen LogP contribution is 2.37. The lowest BCUT2D eigenvalue weighted by molar-refractivity contribution is -0.120. The molecule has 1 atom stereocenters. The lowest BCUT2D eigenvalue weighted by Crippen LogP contribution is -2.37. The van der Waals surface area contributed by atoms with Crippen LogP contribution in [-0.2, 0) is 9.59 Å². The first-order valence-electron chi connectivity index (χ1n) is 7.70. The number of pyridine rings is 1. The van der Waals surface area contributed by atoms with E-state index in [4.69, 9.17) is 16.3 Å². The zero-order chi connectivity index (χ0) is 18.0. The predicted octanol–water partition coefficient (Wildman–Crippen LogP) is 2.76. The maximum atomic E-state index is 12.3. The molecule has 7 nitrogen and oxygen atoms in total. The summed E-state index contributed by atoms with van der Waals surface area (Å²) in [6, 6.07) is 9.88.